The van der Waals surface area contributed by atoms with Crippen molar-refractivity contribution < 1.29 is 22.7 Å². The van der Waals surface area contributed by atoms with Crippen LogP contribution >= 0.6 is 0 Å². The van der Waals surface area contributed by atoms with Crippen LogP contribution in [0.5, 0.6) is 5.75 Å². The first kappa shape index (κ1) is 19.2. The van der Waals surface area contributed by atoms with E-state index in [0.717, 1.165) is 29.4 Å². The average Bonchev–Trinajstić information content (AvgIpc) is 3.31. The summed E-state index contributed by atoms with van der Waals surface area (Å²) in [6.45, 7) is 0.577. The van der Waals surface area contributed by atoms with Gasteiger partial charge >= 0.3 is 6.18 Å². The Morgan fingerprint density at radius 1 is 1.31 bits per heavy atom. The highest BCUT2D eigenvalue weighted by molar-refractivity contribution is 5.82. The lowest BCUT2D eigenvalue weighted by Crippen LogP contribution is -2.28. The van der Waals surface area contributed by atoms with Gasteiger partial charge in [-0.25, -0.2) is 0 Å². The number of aryl methyl sites for hydroxylation is 1. The number of nitrogens with one attached hydrogen (secondary N) is 1. The lowest BCUT2D eigenvalue weighted by molar-refractivity contribution is -0.153. The number of alkyl halides is 3. The highest BCUT2D eigenvalue weighted by Gasteiger charge is 2.46. The van der Waals surface area contributed by atoms with Gasteiger partial charge in [-0.3, -0.25) is 19.4 Å². The van der Waals surface area contributed by atoms with E-state index >= 15 is 0 Å². The summed E-state index contributed by atoms with van der Waals surface area (Å²) in [6, 6.07) is 4.88. The van der Waals surface area contributed by atoms with Crippen LogP contribution in [0.25, 0.3) is 10.9 Å². The maximum Gasteiger partial charge on any atom is 0.422 e. The van der Waals surface area contributed by atoms with Gasteiger partial charge in [0.15, 0.2) is 6.61 Å². The molecule has 0 spiro atoms. The quantitative estimate of drug-likeness (QED) is 0.612. The Morgan fingerprint density at radius 3 is 2.76 bits per heavy atom. The number of fused-ring (bicyclic) bond motifs is 1. The second kappa shape index (κ2) is 7.02. The molecule has 0 aliphatic heterocycles. The lowest BCUT2D eigenvalue weighted by Gasteiger charge is -2.13. The second-order valence-electron chi connectivity index (χ2n) is 7.05. The standard InChI is InChI=1S/C19H18F3N5O2/c1-12-16(29-10-19(20,21)22)3-2-13(25-12)8-27-9-14-15(26-27)4-7-23-17(14)18(5-6-18)24-11-28/h2-4,7,9,11H,5-6,8,10H2,1H3,(H,24,28). The first-order valence-corrected chi connectivity index (χ1v) is 9.00. The zero-order chi connectivity index (χ0) is 20.6. The number of carbonyl (C=O) groups excluding carboxylic acids is 1. The van der Waals surface area contributed by atoms with E-state index in [2.05, 4.69) is 20.4 Å². The van der Waals surface area contributed by atoms with Gasteiger partial charge < -0.3 is 10.1 Å². The van der Waals surface area contributed by atoms with Gasteiger partial charge in [-0.1, -0.05) is 0 Å². The zero-order valence-corrected chi connectivity index (χ0v) is 15.5. The molecule has 10 heteroatoms. The number of carbonyl (C=O) groups is 1. The predicted octanol–water partition coefficient (Wildman–Crippen LogP) is 2.86. The maximum atomic E-state index is 12.3. The summed E-state index contributed by atoms with van der Waals surface area (Å²) in [5.74, 6) is 0.0961. The molecule has 1 amide bonds. The molecule has 3 aromatic rings. The largest absolute Gasteiger partial charge is 0.482 e. The molecule has 1 aliphatic carbocycles. The molecule has 1 N–H and O–H groups in total. The molecule has 152 valence electrons. The number of hydrogen-bond donors (Lipinski definition) is 1. The average molecular weight is 405 g/mol. The third-order valence-electron chi connectivity index (χ3n) is 4.83. The Hall–Kier alpha value is -3.17. The molecule has 0 bridgehead atoms. The van der Waals surface area contributed by atoms with Gasteiger partial charge in [0.25, 0.3) is 0 Å². The molecule has 0 saturated heterocycles. The zero-order valence-electron chi connectivity index (χ0n) is 15.5. The van der Waals surface area contributed by atoms with Gasteiger partial charge in [-0.15, -0.1) is 0 Å². The Labute approximate surface area is 163 Å². The van der Waals surface area contributed by atoms with Crippen molar-refractivity contribution in [3.8, 4) is 5.75 Å². The molecule has 0 radical (unpaired) electrons. The van der Waals surface area contributed by atoms with Crippen molar-refractivity contribution in [3.05, 3.63) is 47.7 Å². The summed E-state index contributed by atoms with van der Waals surface area (Å²) in [5, 5.41) is 8.23. The van der Waals surface area contributed by atoms with Gasteiger partial charge in [-0.2, -0.15) is 18.3 Å². The van der Waals surface area contributed by atoms with Crippen molar-refractivity contribution in [2.75, 3.05) is 6.61 Å². The molecule has 0 unspecified atom stereocenters. The lowest BCUT2D eigenvalue weighted by atomic mass is 10.1. The fourth-order valence-corrected chi connectivity index (χ4v) is 3.31. The molecule has 0 atom stereocenters. The summed E-state index contributed by atoms with van der Waals surface area (Å²) in [7, 11) is 0. The number of halogens is 3. The first-order chi connectivity index (χ1) is 13.8. The van der Waals surface area contributed by atoms with E-state index in [-0.39, 0.29) is 5.75 Å². The fourth-order valence-electron chi connectivity index (χ4n) is 3.31. The minimum atomic E-state index is -4.40. The van der Waals surface area contributed by atoms with Crippen LogP contribution in [0.2, 0.25) is 0 Å². The van der Waals surface area contributed by atoms with Crippen LogP contribution in [0.4, 0.5) is 13.2 Å². The van der Waals surface area contributed by atoms with Crippen LogP contribution in [0, 0.1) is 6.92 Å². The highest BCUT2D eigenvalue weighted by Crippen LogP contribution is 2.46. The second-order valence-corrected chi connectivity index (χ2v) is 7.05. The molecular formula is C19H18F3N5O2. The SMILES string of the molecule is Cc1nc(Cn2cc3c(C4(NC=O)CC4)nccc3n2)ccc1OCC(F)(F)F. The summed E-state index contributed by atoms with van der Waals surface area (Å²) < 4.78 is 43.5. The summed E-state index contributed by atoms with van der Waals surface area (Å²) in [4.78, 5) is 19.7. The van der Waals surface area contributed by atoms with E-state index in [0.29, 0.717) is 24.3 Å². The normalized spacial score (nSPS) is 15.3. The minimum absolute atomic E-state index is 0.0961. The molecule has 1 aliphatic rings. The van der Waals surface area contributed by atoms with E-state index in [1.807, 2.05) is 6.20 Å². The highest BCUT2D eigenvalue weighted by atomic mass is 19.4. The predicted molar refractivity (Wildman–Crippen MR) is 97.3 cm³/mol. The molecular weight excluding hydrogens is 387 g/mol. The van der Waals surface area contributed by atoms with Gasteiger partial charge in [0.05, 0.1) is 34.7 Å². The van der Waals surface area contributed by atoms with E-state index in [9.17, 15) is 18.0 Å². The maximum absolute atomic E-state index is 12.3. The van der Waals surface area contributed by atoms with Crippen molar-refractivity contribution in [1.82, 2.24) is 25.1 Å². The topological polar surface area (TPSA) is 81.9 Å². The van der Waals surface area contributed by atoms with Gasteiger partial charge in [0.1, 0.15) is 5.75 Å². The van der Waals surface area contributed by atoms with Crippen LogP contribution in [0.15, 0.2) is 30.6 Å². The van der Waals surface area contributed by atoms with E-state index in [1.165, 1.54) is 6.07 Å². The molecule has 1 saturated carbocycles. The fraction of sp³-hybridized carbons (Fsp3) is 0.368. The van der Waals surface area contributed by atoms with Crippen molar-refractivity contribution in [1.29, 1.82) is 0 Å². The Balaban J connectivity index is 1.56. The number of rotatable bonds is 7. The Kier molecular flexibility index (Phi) is 4.64. The van der Waals surface area contributed by atoms with Crippen molar-refractivity contribution in [3.63, 3.8) is 0 Å². The van der Waals surface area contributed by atoms with E-state index < -0.39 is 18.3 Å². The van der Waals surface area contributed by atoms with Gasteiger partial charge in [-0.05, 0) is 38.0 Å². The number of hydrogen-bond acceptors (Lipinski definition) is 5. The third kappa shape index (κ3) is 4.01. The van der Waals surface area contributed by atoms with E-state index in [4.69, 9.17) is 4.74 Å². The van der Waals surface area contributed by atoms with Crippen molar-refractivity contribution in [2.45, 2.75) is 38.0 Å². The molecule has 3 aromatic heterocycles. The molecule has 3 heterocycles. The molecule has 4 rings (SSSR count). The monoisotopic (exact) mass is 405 g/mol. The Bertz CT molecular complexity index is 1060. The first-order valence-electron chi connectivity index (χ1n) is 9.00. The number of aromatic nitrogens is 4. The smallest absolute Gasteiger partial charge is 0.422 e. The van der Waals surface area contributed by atoms with Gasteiger partial charge in [0, 0.05) is 17.8 Å². The van der Waals surface area contributed by atoms with Crippen LogP contribution < -0.4 is 10.1 Å². The summed E-state index contributed by atoms with van der Waals surface area (Å²) in [6.07, 6.45) is 1.44. The van der Waals surface area contributed by atoms with Gasteiger partial charge in [0.2, 0.25) is 6.41 Å². The molecule has 29 heavy (non-hydrogen) atoms. The summed E-state index contributed by atoms with van der Waals surface area (Å²) >= 11 is 0. The number of amides is 1. The number of nitrogens with zero attached hydrogens (tertiary/aromatic N) is 4. The Morgan fingerprint density at radius 2 is 2.10 bits per heavy atom. The molecule has 1 fully saturated rings. The van der Waals surface area contributed by atoms with Crippen molar-refractivity contribution in [2.24, 2.45) is 0 Å². The van der Waals surface area contributed by atoms with Crippen LogP contribution in [0.1, 0.15) is 29.9 Å². The van der Waals surface area contributed by atoms with Crippen LogP contribution in [-0.2, 0) is 16.9 Å². The summed E-state index contributed by atoms with van der Waals surface area (Å²) in [5.41, 5.74) is 2.11. The number of pyridine rings is 2. The number of ether oxygens (including phenoxy) is 1. The van der Waals surface area contributed by atoms with Crippen LogP contribution in [0.3, 0.4) is 0 Å². The molecule has 0 aromatic carbocycles. The van der Waals surface area contributed by atoms with Crippen molar-refractivity contribution >= 4 is 17.3 Å². The van der Waals surface area contributed by atoms with E-state index in [1.54, 1.807) is 29.9 Å². The molecule has 7 nitrogen and oxygen atoms in total. The van der Waals surface area contributed by atoms with Crippen LogP contribution in [-0.4, -0.2) is 38.9 Å². The minimum Gasteiger partial charge on any atom is -0.482 e. The third-order valence-corrected chi connectivity index (χ3v) is 4.83.